The average molecular weight is 182 g/mol. The van der Waals surface area contributed by atoms with Crippen molar-refractivity contribution in [3.05, 3.63) is 17.8 Å². The number of hydrogen-bond acceptors (Lipinski definition) is 3. The second-order valence-corrected chi connectivity index (χ2v) is 3.23. The molecular weight excluding hydrogens is 164 g/mol. The average Bonchev–Trinajstić information content (AvgIpc) is 2.56. The molecule has 0 amide bonds. The summed E-state index contributed by atoms with van der Waals surface area (Å²) in [4.78, 5) is 4.40. The van der Waals surface area contributed by atoms with Gasteiger partial charge in [-0.2, -0.15) is 0 Å². The van der Waals surface area contributed by atoms with Gasteiger partial charge in [0.1, 0.15) is 6.26 Å². The van der Waals surface area contributed by atoms with Gasteiger partial charge in [0.15, 0.2) is 5.89 Å². The van der Waals surface area contributed by atoms with Crippen molar-refractivity contribution < 1.29 is 4.42 Å². The summed E-state index contributed by atoms with van der Waals surface area (Å²) in [5.74, 6) is 1.33. The second kappa shape index (κ2) is 5.02. The zero-order valence-corrected chi connectivity index (χ0v) is 8.42. The van der Waals surface area contributed by atoms with Crippen LogP contribution in [0.4, 0.5) is 0 Å². The molecular formula is C10H18N2O. The van der Waals surface area contributed by atoms with E-state index in [0.717, 1.165) is 30.8 Å². The summed E-state index contributed by atoms with van der Waals surface area (Å²) in [6, 6.07) is 0. The zero-order chi connectivity index (χ0) is 9.68. The van der Waals surface area contributed by atoms with Crippen LogP contribution < -0.4 is 5.73 Å². The largest absolute Gasteiger partial charge is 0.448 e. The van der Waals surface area contributed by atoms with Crippen LogP contribution in [0, 0.1) is 0 Å². The highest BCUT2D eigenvalue weighted by Gasteiger charge is 2.12. The number of nitrogens with two attached hydrogens (primary N) is 1. The normalized spacial score (nSPS) is 11.1. The van der Waals surface area contributed by atoms with Crippen LogP contribution in [0.5, 0.6) is 0 Å². The Morgan fingerprint density at radius 1 is 1.46 bits per heavy atom. The van der Waals surface area contributed by atoms with Crippen LogP contribution in [-0.4, -0.2) is 11.5 Å². The van der Waals surface area contributed by atoms with Crippen LogP contribution in [0.15, 0.2) is 10.7 Å². The van der Waals surface area contributed by atoms with Crippen molar-refractivity contribution in [3.8, 4) is 0 Å². The third kappa shape index (κ3) is 2.56. The van der Waals surface area contributed by atoms with Crippen molar-refractivity contribution in [2.45, 2.75) is 39.0 Å². The zero-order valence-electron chi connectivity index (χ0n) is 8.42. The van der Waals surface area contributed by atoms with E-state index in [1.165, 1.54) is 0 Å². The highest BCUT2D eigenvalue weighted by atomic mass is 16.3. The molecule has 13 heavy (non-hydrogen) atoms. The van der Waals surface area contributed by atoms with Crippen LogP contribution in [0.2, 0.25) is 0 Å². The molecule has 1 aromatic rings. The fourth-order valence-corrected chi connectivity index (χ4v) is 1.41. The Hall–Kier alpha value is -0.830. The molecule has 0 aliphatic rings. The maximum Gasteiger partial charge on any atom is 0.197 e. The summed E-state index contributed by atoms with van der Waals surface area (Å²) in [5, 5.41) is 0. The van der Waals surface area contributed by atoms with E-state index in [0.29, 0.717) is 12.5 Å². The van der Waals surface area contributed by atoms with Crippen LogP contribution in [-0.2, 0) is 6.42 Å². The fourth-order valence-electron chi connectivity index (χ4n) is 1.41. The van der Waals surface area contributed by atoms with E-state index in [9.17, 15) is 0 Å². The van der Waals surface area contributed by atoms with Gasteiger partial charge >= 0.3 is 0 Å². The molecule has 0 spiro atoms. The fraction of sp³-hybridized carbons (Fsp3) is 0.700. The summed E-state index contributed by atoms with van der Waals surface area (Å²) in [5.41, 5.74) is 6.41. The van der Waals surface area contributed by atoms with Crippen LogP contribution in [0.25, 0.3) is 0 Å². The van der Waals surface area contributed by atoms with Gasteiger partial charge in [-0.25, -0.2) is 4.98 Å². The summed E-state index contributed by atoms with van der Waals surface area (Å²) in [7, 11) is 0. The topological polar surface area (TPSA) is 52.0 Å². The van der Waals surface area contributed by atoms with E-state index >= 15 is 0 Å². The van der Waals surface area contributed by atoms with Gasteiger partial charge in [0.25, 0.3) is 0 Å². The van der Waals surface area contributed by atoms with Gasteiger partial charge in [-0.05, 0) is 19.4 Å². The molecule has 0 radical (unpaired) electrons. The van der Waals surface area contributed by atoms with Crippen molar-refractivity contribution in [2.75, 3.05) is 6.54 Å². The van der Waals surface area contributed by atoms with Crippen molar-refractivity contribution >= 4 is 0 Å². The van der Waals surface area contributed by atoms with E-state index in [1.807, 2.05) is 0 Å². The third-order valence-electron chi connectivity index (χ3n) is 2.30. The molecule has 2 N–H and O–H groups in total. The first-order chi connectivity index (χ1) is 6.31. The summed E-state index contributed by atoms with van der Waals surface area (Å²) in [6.45, 7) is 4.94. The van der Waals surface area contributed by atoms with Gasteiger partial charge < -0.3 is 10.2 Å². The Labute approximate surface area is 79.3 Å². The molecule has 0 aliphatic heterocycles. The molecule has 1 aromatic heterocycles. The molecule has 1 heterocycles. The number of oxazole rings is 1. The predicted molar refractivity (Wildman–Crippen MR) is 52.6 cm³/mol. The molecule has 0 saturated heterocycles. The van der Waals surface area contributed by atoms with Gasteiger partial charge in [-0.3, -0.25) is 0 Å². The van der Waals surface area contributed by atoms with Crippen LogP contribution >= 0.6 is 0 Å². The van der Waals surface area contributed by atoms with E-state index in [4.69, 9.17) is 10.2 Å². The van der Waals surface area contributed by atoms with Gasteiger partial charge in [-0.15, -0.1) is 0 Å². The monoisotopic (exact) mass is 182 g/mol. The standard InChI is InChI=1S/C10H18N2O/c1-3-8(4-2)10-12-9(5-6-11)7-13-10/h7-8H,3-6,11H2,1-2H3. The Morgan fingerprint density at radius 3 is 2.69 bits per heavy atom. The Morgan fingerprint density at radius 2 is 2.15 bits per heavy atom. The minimum atomic E-state index is 0.464. The lowest BCUT2D eigenvalue weighted by molar-refractivity contribution is 0.431. The molecule has 1 rings (SSSR count). The van der Waals surface area contributed by atoms with Crippen LogP contribution in [0.3, 0.4) is 0 Å². The summed E-state index contributed by atoms with van der Waals surface area (Å²) >= 11 is 0. The highest BCUT2D eigenvalue weighted by Crippen LogP contribution is 2.21. The lowest BCUT2D eigenvalue weighted by atomic mass is 10.0. The minimum absolute atomic E-state index is 0.464. The smallest absolute Gasteiger partial charge is 0.197 e. The molecule has 0 aliphatic carbocycles. The first-order valence-electron chi connectivity index (χ1n) is 4.96. The van der Waals surface area contributed by atoms with Gasteiger partial charge in [0.2, 0.25) is 0 Å². The first kappa shape index (κ1) is 10.3. The molecule has 0 bridgehead atoms. The van der Waals surface area contributed by atoms with Crippen molar-refractivity contribution in [2.24, 2.45) is 5.73 Å². The highest BCUT2D eigenvalue weighted by molar-refractivity contribution is 5.00. The molecule has 0 fully saturated rings. The van der Waals surface area contributed by atoms with Crippen molar-refractivity contribution in [3.63, 3.8) is 0 Å². The van der Waals surface area contributed by atoms with Crippen molar-refractivity contribution in [1.82, 2.24) is 4.98 Å². The Balaban J connectivity index is 2.66. The molecule has 0 aromatic carbocycles. The van der Waals surface area contributed by atoms with E-state index < -0.39 is 0 Å². The molecule has 0 saturated carbocycles. The van der Waals surface area contributed by atoms with Gasteiger partial charge in [0.05, 0.1) is 5.69 Å². The van der Waals surface area contributed by atoms with Gasteiger partial charge in [0, 0.05) is 12.3 Å². The summed E-state index contributed by atoms with van der Waals surface area (Å²) in [6.07, 6.45) is 4.70. The number of aromatic nitrogens is 1. The molecule has 3 heteroatoms. The number of hydrogen-bond donors (Lipinski definition) is 1. The van der Waals surface area contributed by atoms with E-state index in [2.05, 4.69) is 18.8 Å². The maximum atomic E-state index is 5.43. The molecule has 0 unspecified atom stereocenters. The number of nitrogens with zero attached hydrogens (tertiary/aromatic N) is 1. The van der Waals surface area contributed by atoms with Gasteiger partial charge in [-0.1, -0.05) is 13.8 Å². The maximum absolute atomic E-state index is 5.43. The first-order valence-corrected chi connectivity index (χ1v) is 4.96. The molecule has 3 nitrogen and oxygen atoms in total. The minimum Gasteiger partial charge on any atom is -0.448 e. The Bertz CT molecular complexity index is 241. The summed E-state index contributed by atoms with van der Waals surface area (Å²) < 4.78 is 5.39. The Kier molecular flexibility index (Phi) is 3.96. The number of rotatable bonds is 5. The molecule has 0 atom stereocenters. The third-order valence-corrected chi connectivity index (χ3v) is 2.30. The predicted octanol–water partition coefficient (Wildman–Crippen LogP) is 2.08. The van der Waals surface area contributed by atoms with Crippen molar-refractivity contribution in [1.29, 1.82) is 0 Å². The SMILES string of the molecule is CCC(CC)c1nc(CCN)co1. The van der Waals surface area contributed by atoms with E-state index in [-0.39, 0.29) is 0 Å². The van der Waals surface area contributed by atoms with E-state index in [1.54, 1.807) is 6.26 Å². The lowest BCUT2D eigenvalue weighted by Gasteiger charge is -2.05. The quantitative estimate of drug-likeness (QED) is 0.758. The van der Waals surface area contributed by atoms with Crippen LogP contribution in [0.1, 0.15) is 44.2 Å². The second-order valence-electron chi connectivity index (χ2n) is 3.23. The lowest BCUT2D eigenvalue weighted by Crippen LogP contribution is -2.03. The molecule has 74 valence electrons.